The molecule has 0 spiro atoms. The van der Waals surface area contributed by atoms with Crippen molar-refractivity contribution < 1.29 is 0 Å². The van der Waals surface area contributed by atoms with Crippen LogP contribution in [0, 0.1) is 11.3 Å². The van der Waals surface area contributed by atoms with Crippen molar-refractivity contribution in [2.24, 2.45) is 11.3 Å². The highest BCUT2D eigenvalue weighted by molar-refractivity contribution is 5.59. The molecule has 2 heterocycles. The lowest BCUT2D eigenvalue weighted by Crippen LogP contribution is -2.17. The van der Waals surface area contributed by atoms with Crippen LogP contribution in [0.1, 0.15) is 26.7 Å². The van der Waals surface area contributed by atoms with Crippen LogP contribution in [-0.4, -0.2) is 14.5 Å². The summed E-state index contributed by atoms with van der Waals surface area (Å²) in [6.07, 6.45) is 8.29. The molecular formula is C15H20N4. The standard InChI is InChI=1S/C15H20N4/c1-11(2)15(5-6-15)9-19-10-17-8-13(19)12-3-4-14(16)18-7-12/h3-4,7-8,10-11H,5-6,9H2,1-2H3,(H2,16,18). The lowest BCUT2D eigenvalue weighted by atomic mass is 9.92. The maximum atomic E-state index is 5.64. The molecule has 3 rings (SSSR count). The van der Waals surface area contributed by atoms with E-state index in [2.05, 4.69) is 28.4 Å². The molecule has 2 N–H and O–H groups in total. The molecule has 1 aliphatic rings. The molecule has 0 saturated heterocycles. The minimum Gasteiger partial charge on any atom is -0.384 e. The Morgan fingerprint density at radius 1 is 1.32 bits per heavy atom. The predicted molar refractivity (Wildman–Crippen MR) is 76.4 cm³/mol. The molecule has 0 bridgehead atoms. The third-order valence-electron chi connectivity index (χ3n) is 4.40. The molecular weight excluding hydrogens is 236 g/mol. The van der Waals surface area contributed by atoms with Crippen molar-refractivity contribution >= 4 is 5.82 Å². The van der Waals surface area contributed by atoms with Crippen molar-refractivity contribution in [2.45, 2.75) is 33.2 Å². The summed E-state index contributed by atoms with van der Waals surface area (Å²) >= 11 is 0. The van der Waals surface area contributed by atoms with E-state index in [0.29, 0.717) is 17.2 Å². The van der Waals surface area contributed by atoms with Crippen LogP contribution in [0.25, 0.3) is 11.3 Å². The first-order chi connectivity index (χ1) is 9.11. The van der Waals surface area contributed by atoms with E-state index in [0.717, 1.165) is 17.8 Å². The average molecular weight is 256 g/mol. The number of pyridine rings is 1. The smallest absolute Gasteiger partial charge is 0.123 e. The number of aromatic nitrogens is 3. The Labute approximate surface area is 113 Å². The van der Waals surface area contributed by atoms with Crippen LogP contribution in [0.5, 0.6) is 0 Å². The number of anilines is 1. The average Bonchev–Trinajstić information content (AvgIpc) is 3.03. The Kier molecular flexibility index (Phi) is 2.81. The van der Waals surface area contributed by atoms with Gasteiger partial charge < -0.3 is 10.3 Å². The fourth-order valence-electron chi connectivity index (χ4n) is 2.66. The van der Waals surface area contributed by atoms with Crippen molar-refractivity contribution in [1.29, 1.82) is 0 Å². The second-order valence-electron chi connectivity index (χ2n) is 5.90. The van der Waals surface area contributed by atoms with Crippen molar-refractivity contribution in [3.63, 3.8) is 0 Å². The van der Waals surface area contributed by atoms with Crippen LogP contribution in [0.15, 0.2) is 30.9 Å². The predicted octanol–water partition coefficient (Wildman–Crippen LogP) is 2.96. The summed E-state index contributed by atoms with van der Waals surface area (Å²) in [6.45, 7) is 5.67. The molecule has 1 aliphatic carbocycles. The van der Waals surface area contributed by atoms with Crippen molar-refractivity contribution in [3.05, 3.63) is 30.9 Å². The summed E-state index contributed by atoms with van der Waals surface area (Å²) < 4.78 is 2.25. The Hall–Kier alpha value is -1.84. The molecule has 0 atom stereocenters. The van der Waals surface area contributed by atoms with Crippen LogP contribution in [-0.2, 0) is 6.54 Å². The Bertz CT molecular complexity index is 564. The molecule has 1 fully saturated rings. The number of hydrogen-bond donors (Lipinski definition) is 1. The SMILES string of the molecule is CC(C)C1(Cn2cncc2-c2ccc(N)nc2)CC1. The van der Waals surface area contributed by atoms with E-state index < -0.39 is 0 Å². The molecule has 1 saturated carbocycles. The second-order valence-corrected chi connectivity index (χ2v) is 5.90. The fraction of sp³-hybridized carbons (Fsp3) is 0.467. The third-order valence-corrected chi connectivity index (χ3v) is 4.40. The van der Waals surface area contributed by atoms with Crippen molar-refractivity contribution in [3.8, 4) is 11.3 Å². The molecule has 19 heavy (non-hydrogen) atoms. The molecule has 0 aromatic carbocycles. The lowest BCUT2D eigenvalue weighted by molar-refractivity contribution is 0.310. The fourth-order valence-corrected chi connectivity index (χ4v) is 2.66. The lowest BCUT2D eigenvalue weighted by Gasteiger charge is -2.21. The van der Waals surface area contributed by atoms with Crippen LogP contribution in [0.3, 0.4) is 0 Å². The molecule has 4 nitrogen and oxygen atoms in total. The van der Waals surface area contributed by atoms with E-state index in [1.54, 1.807) is 0 Å². The van der Waals surface area contributed by atoms with Gasteiger partial charge in [0.05, 0.1) is 18.2 Å². The van der Waals surface area contributed by atoms with Gasteiger partial charge in [-0.15, -0.1) is 0 Å². The summed E-state index contributed by atoms with van der Waals surface area (Å²) in [5.74, 6) is 1.27. The summed E-state index contributed by atoms with van der Waals surface area (Å²) in [5, 5.41) is 0. The minimum absolute atomic E-state index is 0.469. The molecule has 0 aliphatic heterocycles. The summed E-state index contributed by atoms with van der Waals surface area (Å²) in [5.41, 5.74) is 8.30. The highest BCUT2D eigenvalue weighted by Crippen LogP contribution is 2.53. The summed E-state index contributed by atoms with van der Waals surface area (Å²) in [4.78, 5) is 8.46. The maximum Gasteiger partial charge on any atom is 0.123 e. The molecule has 0 unspecified atom stereocenters. The van der Waals surface area contributed by atoms with Gasteiger partial charge in [0, 0.05) is 18.3 Å². The Morgan fingerprint density at radius 3 is 2.68 bits per heavy atom. The van der Waals surface area contributed by atoms with Gasteiger partial charge in [-0.05, 0) is 36.3 Å². The summed E-state index contributed by atoms with van der Waals surface area (Å²) in [6, 6.07) is 3.84. The molecule has 0 radical (unpaired) electrons. The number of nitrogen functional groups attached to an aromatic ring is 1. The Morgan fingerprint density at radius 2 is 2.11 bits per heavy atom. The molecule has 0 amide bonds. The molecule has 4 heteroatoms. The van der Waals surface area contributed by atoms with Gasteiger partial charge in [0.1, 0.15) is 5.82 Å². The number of rotatable bonds is 4. The van der Waals surface area contributed by atoms with Crippen molar-refractivity contribution in [2.75, 3.05) is 5.73 Å². The van der Waals surface area contributed by atoms with E-state index in [4.69, 9.17) is 5.73 Å². The summed E-state index contributed by atoms with van der Waals surface area (Å²) in [7, 11) is 0. The monoisotopic (exact) mass is 256 g/mol. The maximum absolute atomic E-state index is 5.64. The van der Waals surface area contributed by atoms with E-state index in [9.17, 15) is 0 Å². The number of nitrogens with zero attached hydrogens (tertiary/aromatic N) is 3. The van der Waals surface area contributed by atoms with Gasteiger partial charge in [-0.25, -0.2) is 9.97 Å². The van der Waals surface area contributed by atoms with E-state index in [-0.39, 0.29) is 0 Å². The van der Waals surface area contributed by atoms with Crippen LogP contribution >= 0.6 is 0 Å². The first kappa shape index (κ1) is 12.2. The van der Waals surface area contributed by atoms with Crippen LogP contribution < -0.4 is 5.73 Å². The zero-order valence-corrected chi connectivity index (χ0v) is 11.5. The minimum atomic E-state index is 0.469. The van der Waals surface area contributed by atoms with Gasteiger partial charge in [-0.1, -0.05) is 13.8 Å². The van der Waals surface area contributed by atoms with E-state index in [1.807, 2.05) is 30.9 Å². The first-order valence-corrected chi connectivity index (χ1v) is 6.83. The van der Waals surface area contributed by atoms with Gasteiger partial charge in [-0.2, -0.15) is 0 Å². The number of hydrogen-bond acceptors (Lipinski definition) is 3. The van der Waals surface area contributed by atoms with Gasteiger partial charge in [0.25, 0.3) is 0 Å². The highest BCUT2D eigenvalue weighted by Gasteiger charge is 2.45. The highest BCUT2D eigenvalue weighted by atomic mass is 15.1. The Balaban J connectivity index is 1.89. The molecule has 2 aromatic heterocycles. The topological polar surface area (TPSA) is 56.7 Å². The third kappa shape index (κ3) is 2.23. The number of nitrogens with two attached hydrogens (primary N) is 1. The normalized spacial score (nSPS) is 16.8. The van der Waals surface area contributed by atoms with E-state index in [1.165, 1.54) is 12.8 Å². The van der Waals surface area contributed by atoms with Crippen molar-refractivity contribution in [1.82, 2.24) is 14.5 Å². The molecule has 2 aromatic rings. The largest absolute Gasteiger partial charge is 0.384 e. The quantitative estimate of drug-likeness (QED) is 0.915. The van der Waals surface area contributed by atoms with Gasteiger partial charge in [0.2, 0.25) is 0 Å². The van der Waals surface area contributed by atoms with Crippen LogP contribution in [0.2, 0.25) is 0 Å². The van der Waals surface area contributed by atoms with E-state index >= 15 is 0 Å². The number of imidazole rings is 1. The van der Waals surface area contributed by atoms with Gasteiger partial charge in [-0.3, -0.25) is 0 Å². The van der Waals surface area contributed by atoms with Gasteiger partial charge >= 0.3 is 0 Å². The van der Waals surface area contributed by atoms with Gasteiger partial charge in [0.15, 0.2) is 0 Å². The molecule has 100 valence electrons. The zero-order chi connectivity index (χ0) is 13.5. The second kappa shape index (κ2) is 4.37. The first-order valence-electron chi connectivity index (χ1n) is 6.83. The van der Waals surface area contributed by atoms with Crippen LogP contribution in [0.4, 0.5) is 5.82 Å². The zero-order valence-electron chi connectivity index (χ0n) is 11.5.